The Balaban J connectivity index is 2.74. The first-order chi connectivity index (χ1) is 7.80. The van der Waals surface area contributed by atoms with Gasteiger partial charge in [0.05, 0.1) is 5.60 Å². The largest absolute Gasteiger partial charge is 0.455 e. The average molecular weight is 238 g/mol. The van der Waals surface area contributed by atoms with Crippen LogP contribution in [-0.4, -0.2) is 22.3 Å². The fourth-order valence-electron chi connectivity index (χ4n) is 2.14. The maximum absolute atomic E-state index is 11.6. The van der Waals surface area contributed by atoms with Gasteiger partial charge < -0.3 is 9.84 Å². The summed E-state index contributed by atoms with van der Waals surface area (Å²) in [7, 11) is 0. The Labute approximate surface area is 103 Å². The molecule has 0 spiro atoms. The molecule has 3 heteroatoms. The second kappa shape index (κ2) is 5.05. The third-order valence-electron chi connectivity index (χ3n) is 3.41. The molecule has 1 saturated carbocycles. The van der Waals surface area contributed by atoms with Crippen LogP contribution in [0.3, 0.4) is 0 Å². The smallest absolute Gasteiger partial charge is 0.333 e. The summed E-state index contributed by atoms with van der Waals surface area (Å²) in [5.74, 6) is -0.353. The normalized spacial score (nSPS) is 32.9. The second-order valence-electron chi connectivity index (χ2n) is 5.34. The van der Waals surface area contributed by atoms with E-state index in [1.54, 1.807) is 13.0 Å². The van der Waals surface area contributed by atoms with E-state index >= 15 is 0 Å². The highest BCUT2D eigenvalue weighted by atomic mass is 16.6. The molecule has 0 bridgehead atoms. The molecule has 17 heavy (non-hydrogen) atoms. The molecule has 0 heterocycles. The summed E-state index contributed by atoms with van der Waals surface area (Å²) in [6, 6.07) is 0. The van der Waals surface area contributed by atoms with Gasteiger partial charge in [-0.05, 0) is 39.5 Å². The lowest BCUT2D eigenvalue weighted by Crippen LogP contribution is -2.44. The van der Waals surface area contributed by atoms with Gasteiger partial charge in [0.2, 0.25) is 0 Å². The van der Waals surface area contributed by atoms with Gasteiger partial charge >= 0.3 is 5.97 Å². The van der Waals surface area contributed by atoms with E-state index in [9.17, 15) is 9.90 Å². The van der Waals surface area contributed by atoms with Crippen molar-refractivity contribution in [2.45, 2.75) is 57.2 Å². The monoisotopic (exact) mass is 238 g/mol. The highest BCUT2D eigenvalue weighted by molar-refractivity contribution is 5.87. The van der Waals surface area contributed by atoms with Crippen LogP contribution in [0.5, 0.6) is 0 Å². The van der Waals surface area contributed by atoms with Crippen molar-refractivity contribution in [2.75, 3.05) is 0 Å². The first-order valence-corrected chi connectivity index (χ1v) is 6.02. The van der Waals surface area contributed by atoms with Crippen molar-refractivity contribution in [1.82, 2.24) is 0 Å². The van der Waals surface area contributed by atoms with Gasteiger partial charge in [-0.25, -0.2) is 4.79 Å². The lowest BCUT2D eigenvalue weighted by Gasteiger charge is -2.41. The third-order valence-corrected chi connectivity index (χ3v) is 3.41. The summed E-state index contributed by atoms with van der Waals surface area (Å²) in [6.07, 6.45) is 5.03. The minimum absolute atomic E-state index is 0.353. The zero-order valence-electron chi connectivity index (χ0n) is 10.8. The molecular weight excluding hydrogens is 216 g/mol. The van der Waals surface area contributed by atoms with Crippen molar-refractivity contribution in [1.29, 1.82) is 0 Å². The summed E-state index contributed by atoms with van der Waals surface area (Å²) in [4.78, 5) is 11.6. The zero-order chi connectivity index (χ0) is 13.1. The first kappa shape index (κ1) is 14.0. The van der Waals surface area contributed by atoms with Gasteiger partial charge in [-0.1, -0.05) is 12.7 Å². The zero-order valence-corrected chi connectivity index (χ0v) is 10.8. The van der Waals surface area contributed by atoms with E-state index in [0.717, 1.165) is 0 Å². The molecule has 1 rings (SSSR count). The number of hydrogen-bond donors (Lipinski definition) is 1. The van der Waals surface area contributed by atoms with Crippen LogP contribution in [-0.2, 0) is 9.53 Å². The van der Waals surface area contributed by atoms with Gasteiger partial charge in [-0.3, -0.25) is 0 Å². The van der Waals surface area contributed by atoms with E-state index in [-0.39, 0.29) is 5.97 Å². The average Bonchev–Trinajstić information content (AvgIpc) is 2.23. The molecule has 0 radical (unpaired) electrons. The number of hydrogen-bond acceptors (Lipinski definition) is 3. The molecule has 0 atom stereocenters. The van der Waals surface area contributed by atoms with E-state index < -0.39 is 11.2 Å². The molecule has 0 aromatic carbocycles. The maximum atomic E-state index is 11.6. The van der Waals surface area contributed by atoms with Gasteiger partial charge in [0.25, 0.3) is 0 Å². The molecule has 1 aliphatic carbocycles. The molecule has 3 nitrogen and oxygen atoms in total. The Morgan fingerprint density at radius 2 is 1.94 bits per heavy atom. The van der Waals surface area contributed by atoms with E-state index in [1.165, 1.54) is 0 Å². The molecule has 0 aliphatic heterocycles. The number of rotatable bonds is 4. The summed E-state index contributed by atoms with van der Waals surface area (Å²) in [5, 5.41) is 9.93. The minimum atomic E-state index is -0.639. The minimum Gasteiger partial charge on any atom is -0.455 e. The highest BCUT2D eigenvalue weighted by Crippen LogP contribution is 2.39. The fourth-order valence-corrected chi connectivity index (χ4v) is 2.14. The molecule has 0 amide bonds. The molecule has 1 N–H and O–H groups in total. The molecular formula is C14H22O3. The van der Waals surface area contributed by atoms with Crippen LogP contribution in [0.4, 0.5) is 0 Å². The van der Waals surface area contributed by atoms with Crippen molar-refractivity contribution >= 4 is 5.97 Å². The molecule has 0 saturated heterocycles. The van der Waals surface area contributed by atoms with Gasteiger partial charge in [-0.2, -0.15) is 0 Å². The van der Waals surface area contributed by atoms with E-state index in [4.69, 9.17) is 4.74 Å². The Kier molecular flexibility index (Phi) is 4.15. The van der Waals surface area contributed by atoms with E-state index in [2.05, 4.69) is 13.2 Å². The summed E-state index contributed by atoms with van der Waals surface area (Å²) in [6.45, 7) is 10.8. The van der Waals surface area contributed by atoms with Crippen LogP contribution in [0.15, 0.2) is 24.8 Å². The van der Waals surface area contributed by atoms with Crippen molar-refractivity contribution in [2.24, 2.45) is 0 Å². The Bertz CT molecular complexity index is 318. The number of carbonyl (C=O) groups is 1. The SMILES string of the molecule is C=CCC1(OC(=O)C(=C)C)CCC(C)(O)CC1. The number of esters is 1. The molecule has 96 valence electrons. The van der Waals surface area contributed by atoms with Gasteiger partial charge in [0, 0.05) is 12.0 Å². The highest BCUT2D eigenvalue weighted by Gasteiger charge is 2.41. The van der Waals surface area contributed by atoms with Crippen LogP contribution in [0, 0.1) is 0 Å². The van der Waals surface area contributed by atoms with Crippen LogP contribution in [0.2, 0.25) is 0 Å². The Morgan fingerprint density at radius 3 is 2.35 bits per heavy atom. The Morgan fingerprint density at radius 1 is 1.41 bits per heavy atom. The standard InChI is InChI=1S/C14H22O3/c1-5-6-14(17-12(15)11(2)3)9-7-13(4,16)8-10-14/h5,16H,1-2,6-10H2,3-4H3. The lowest BCUT2D eigenvalue weighted by atomic mass is 9.75. The third kappa shape index (κ3) is 3.70. The van der Waals surface area contributed by atoms with Crippen LogP contribution >= 0.6 is 0 Å². The van der Waals surface area contributed by atoms with Crippen molar-refractivity contribution in [3.8, 4) is 0 Å². The van der Waals surface area contributed by atoms with Gasteiger partial charge in [0.15, 0.2) is 0 Å². The van der Waals surface area contributed by atoms with Crippen molar-refractivity contribution < 1.29 is 14.6 Å². The predicted octanol–water partition coefficient (Wildman–Crippen LogP) is 2.75. The lowest BCUT2D eigenvalue weighted by molar-refractivity contribution is -0.164. The van der Waals surface area contributed by atoms with Crippen molar-refractivity contribution in [3.05, 3.63) is 24.8 Å². The molecule has 1 aliphatic rings. The number of ether oxygens (including phenoxy) is 1. The predicted molar refractivity (Wildman–Crippen MR) is 67.5 cm³/mol. The van der Waals surface area contributed by atoms with Crippen molar-refractivity contribution in [3.63, 3.8) is 0 Å². The maximum Gasteiger partial charge on any atom is 0.333 e. The Hall–Kier alpha value is -1.09. The number of carbonyl (C=O) groups excluding carboxylic acids is 1. The molecule has 0 unspecified atom stereocenters. The summed E-state index contributed by atoms with van der Waals surface area (Å²) < 4.78 is 5.55. The van der Waals surface area contributed by atoms with E-state index in [1.807, 2.05) is 6.92 Å². The van der Waals surface area contributed by atoms with Crippen LogP contribution in [0.25, 0.3) is 0 Å². The van der Waals surface area contributed by atoms with E-state index in [0.29, 0.717) is 37.7 Å². The van der Waals surface area contributed by atoms with Crippen LogP contribution < -0.4 is 0 Å². The van der Waals surface area contributed by atoms with Gasteiger partial charge in [0.1, 0.15) is 5.60 Å². The molecule has 0 aromatic heterocycles. The summed E-state index contributed by atoms with van der Waals surface area (Å²) in [5.41, 5.74) is -0.730. The van der Waals surface area contributed by atoms with Crippen LogP contribution in [0.1, 0.15) is 46.0 Å². The summed E-state index contributed by atoms with van der Waals surface area (Å²) >= 11 is 0. The molecule has 1 fully saturated rings. The topological polar surface area (TPSA) is 46.5 Å². The number of aliphatic hydroxyl groups is 1. The quantitative estimate of drug-likeness (QED) is 0.465. The first-order valence-electron chi connectivity index (χ1n) is 6.02. The van der Waals surface area contributed by atoms with Gasteiger partial charge in [-0.15, -0.1) is 6.58 Å². The second-order valence-corrected chi connectivity index (χ2v) is 5.34. The molecule has 0 aromatic rings. The fraction of sp³-hybridized carbons (Fsp3) is 0.643.